The number of aromatic nitrogens is 1. The second-order valence-corrected chi connectivity index (χ2v) is 4.98. The number of methoxy groups -OCH3 is 1. The van der Waals surface area contributed by atoms with E-state index in [1.165, 1.54) is 0 Å². The number of ether oxygens (including phenoxy) is 2. The number of benzene rings is 1. The minimum absolute atomic E-state index is 0.142. The zero-order chi connectivity index (χ0) is 15.9. The largest absolute Gasteiger partial charge is 0.497 e. The molecule has 0 fully saturated rings. The number of rotatable bonds is 7. The van der Waals surface area contributed by atoms with Crippen LogP contribution in [0.3, 0.4) is 0 Å². The Labute approximate surface area is 129 Å². The van der Waals surface area contributed by atoms with Crippen molar-refractivity contribution < 1.29 is 18.8 Å². The first kappa shape index (κ1) is 16.0. The van der Waals surface area contributed by atoms with Gasteiger partial charge in [0.1, 0.15) is 5.75 Å². The lowest BCUT2D eigenvalue weighted by Gasteiger charge is -2.07. The van der Waals surface area contributed by atoms with Crippen molar-refractivity contribution in [3.63, 3.8) is 0 Å². The fraction of sp³-hybridized carbons (Fsp3) is 0.375. The molecule has 0 aliphatic heterocycles. The van der Waals surface area contributed by atoms with Crippen LogP contribution in [0.15, 0.2) is 34.9 Å². The smallest absolute Gasteiger partial charge is 0.273 e. The van der Waals surface area contributed by atoms with Crippen molar-refractivity contribution in [3.05, 3.63) is 36.0 Å². The standard InChI is InChI=1S/C16H20N2O4/c1-11(2)21-8-7-17-16(19)14-10-15(22-18-14)12-5-4-6-13(9-12)20-3/h4-6,9-11H,7-8H2,1-3H3,(H,17,19). The molecule has 1 aromatic carbocycles. The Morgan fingerprint density at radius 3 is 2.91 bits per heavy atom. The van der Waals surface area contributed by atoms with Crippen molar-refractivity contribution in [1.82, 2.24) is 10.5 Å². The molecule has 2 aromatic rings. The Bertz CT molecular complexity index is 622. The summed E-state index contributed by atoms with van der Waals surface area (Å²) < 4.78 is 15.7. The summed E-state index contributed by atoms with van der Waals surface area (Å²) in [6.45, 7) is 4.78. The van der Waals surface area contributed by atoms with Crippen LogP contribution in [0.4, 0.5) is 0 Å². The summed E-state index contributed by atoms with van der Waals surface area (Å²) in [4.78, 5) is 11.9. The van der Waals surface area contributed by atoms with Gasteiger partial charge in [-0.2, -0.15) is 0 Å². The van der Waals surface area contributed by atoms with Gasteiger partial charge < -0.3 is 19.3 Å². The molecule has 0 saturated carbocycles. The first-order valence-electron chi connectivity index (χ1n) is 7.11. The first-order chi connectivity index (χ1) is 10.6. The van der Waals surface area contributed by atoms with E-state index >= 15 is 0 Å². The van der Waals surface area contributed by atoms with Gasteiger partial charge in [0.25, 0.3) is 5.91 Å². The summed E-state index contributed by atoms with van der Waals surface area (Å²) in [5, 5.41) is 6.52. The maximum Gasteiger partial charge on any atom is 0.273 e. The summed E-state index contributed by atoms with van der Waals surface area (Å²) in [5.74, 6) is 0.943. The van der Waals surface area contributed by atoms with E-state index in [0.29, 0.717) is 24.7 Å². The van der Waals surface area contributed by atoms with E-state index in [2.05, 4.69) is 10.5 Å². The maximum absolute atomic E-state index is 11.9. The number of hydrogen-bond donors (Lipinski definition) is 1. The van der Waals surface area contributed by atoms with Gasteiger partial charge >= 0.3 is 0 Å². The van der Waals surface area contributed by atoms with Crippen LogP contribution in [0, 0.1) is 0 Å². The number of amides is 1. The van der Waals surface area contributed by atoms with E-state index in [-0.39, 0.29) is 17.7 Å². The quantitative estimate of drug-likeness (QED) is 0.796. The predicted molar refractivity (Wildman–Crippen MR) is 81.9 cm³/mol. The van der Waals surface area contributed by atoms with Gasteiger partial charge in [-0.3, -0.25) is 4.79 Å². The van der Waals surface area contributed by atoms with Gasteiger partial charge in [-0.25, -0.2) is 0 Å². The fourth-order valence-electron chi connectivity index (χ4n) is 1.84. The van der Waals surface area contributed by atoms with Crippen LogP contribution in [-0.4, -0.2) is 37.4 Å². The SMILES string of the molecule is COc1cccc(-c2cc(C(=O)NCCOC(C)C)no2)c1. The summed E-state index contributed by atoms with van der Waals surface area (Å²) in [6, 6.07) is 8.97. The molecule has 6 heteroatoms. The van der Waals surface area contributed by atoms with Crippen LogP contribution in [0.25, 0.3) is 11.3 Å². The highest BCUT2D eigenvalue weighted by molar-refractivity contribution is 5.93. The predicted octanol–water partition coefficient (Wildman–Crippen LogP) is 2.51. The monoisotopic (exact) mass is 304 g/mol. The van der Waals surface area contributed by atoms with Crippen molar-refractivity contribution in [2.75, 3.05) is 20.3 Å². The molecule has 6 nitrogen and oxygen atoms in total. The van der Waals surface area contributed by atoms with Gasteiger partial charge in [0.05, 0.1) is 19.8 Å². The molecular weight excluding hydrogens is 284 g/mol. The van der Waals surface area contributed by atoms with E-state index in [9.17, 15) is 4.79 Å². The lowest BCUT2D eigenvalue weighted by atomic mass is 10.1. The third kappa shape index (κ3) is 4.33. The van der Waals surface area contributed by atoms with Crippen molar-refractivity contribution in [3.8, 4) is 17.1 Å². The lowest BCUT2D eigenvalue weighted by molar-refractivity contribution is 0.0743. The molecule has 22 heavy (non-hydrogen) atoms. The first-order valence-corrected chi connectivity index (χ1v) is 7.11. The topological polar surface area (TPSA) is 73.6 Å². The van der Waals surface area contributed by atoms with Crippen LogP contribution >= 0.6 is 0 Å². The molecular formula is C16H20N2O4. The normalized spacial score (nSPS) is 10.7. The van der Waals surface area contributed by atoms with Crippen molar-refractivity contribution in [1.29, 1.82) is 0 Å². The Morgan fingerprint density at radius 1 is 1.36 bits per heavy atom. The molecule has 118 valence electrons. The van der Waals surface area contributed by atoms with Gasteiger partial charge in [-0.05, 0) is 26.0 Å². The number of carbonyl (C=O) groups excluding carboxylic acids is 1. The molecule has 0 saturated heterocycles. The lowest BCUT2D eigenvalue weighted by Crippen LogP contribution is -2.28. The fourth-order valence-corrected chi connectivity index (χ4v) is 1.84. The Kier molecular flexibility index (Phi) is 5.55. The molecule has 0 aliphatic rings. The second-order valence-electron chi connectivity index (χ2n) is 4.98. The van der Waals surface area contributed by atoms with E-state index in [4.69, 9.17) is 14.0 Å². The second kappa shape index (κ2) is 7.61. The molecule has 1 aromatic heterocycles. The highest BCUT2D eigenvalue weighted by atomic mass is 16.5. The Morgan fingerprint density at radius 2 is 2.18 bits per heavy atom. The molecule has 0 unspecified atom stereocenters. The molecule has 0 radical (unpaired) electrons. The van der Waals surface area contributed by atoms with E-state index in [0.717, 1.165) is 5.56 Å². The summed E-state index contributed by atoms with van der Waals surface area (Å²) in [7, 11) is 1.59. The minimum atomic E-state index is -0.287. The molecule has 1 amide bonds. The van der Waals surface area contributed by atoms with Crippen LogP contribution in [0.1, 0.15) is 24.3 Å². The Balaban J connectivity index is 1.97. The number of nitrogens with one attached hydrogen (secondary N) is 1. The molecule has 0 bridgehead atoms. The van der Waals surface area contributed by atoms with Gasteiger partial charge in [-0.15, -0.1) is 0 Å². The highest BCUT2D eigenvalue weighted by Gasteiger charge is 2.13. The average molecular weight is 304 g/mol. The number of nitrogens with zero attached hydrogens (tertiary/aromatic N) is 1. The summed E-state index contributed by atoms with van der Waals surface area (Å²) in [5.41, 5.74) is 1.04. The van der Waals surface area contributed by atoms with Crippen molar-refractivity contribution in [2.24, 2.45) is 0 Å². The molecule has 0 aliphatic carbocycles. The molecule has 0 spiro atoms. The minimum Gasteiger partial charge on any atom is -0.497 e. The van der Waals surface area contributed by atoms with E-state index in [1.54, 1.807) is 13.2 Å². The van der Waals surface area contributed by atoms with Gasteiger partial charge in [0, 0.05) is 18.2 Å². The molecule has 2 rings (SSSR count). The number of carbonyl (C=O) groups is 1. The number of hydrogen-bond acceptors (Lipinski definition) is 5. The third-order valence-electron chi connectivity index (χ3n) is 2.94. The van der Waals surface area contributed by atoms with Crippen LogP contribution in [0.5, 0.6) is 5.75 Å². The van der Waals surface area contributed by atoms with E-state index < -0.39 is 0 Å². The van der Waals surface area contributed by atoms with Crippen LogP contribution in [-0.2, 0) is 4.74 Å². The summed E-state index contributed by atoms with van der Waals surface area (Å²) in [6.07, 6.45) is 0.142. The third-order valence-corrected chi connectivity index (χ3v) is 2.94. The van der Waals surface area contributed by atoms with Crippen molar-refractivity contribution in [2.45, 2.75) is 20.0 Å². The van der Waals surface area contributed by atoms with Gasteiger partial charge in [0.2, 0.25) is 0 Å². The van der Waals surface area contributed by atoms with Crippen LogP contribution < -0.4 is 10.1 Å². The highest BCUT2D eigenvalue weighted by Crippen LogP contribution is 2.24. The zero-order valence-electron chi connectivity index (χ0n) is 13.0. The zero-order valence-corrected chi connectivity index (χ0v) is 13.0. The van der Waals surface area contributed by atoms with Gasteiger partial charge in [-0.1, -0.05) is 17.3 Å². The molecule has 1 N–H and O–H groups in total. The maximum atomic E-state index is 11.9. The van der Waals surface area contributed by atoms with Gasteiger partial charge in [0.15, 0.2) is 11.5 Å². The van der Waals surface area contributed by atoms with Crippen LogP contribution in [0.2, 0.25) is 0 Å². The Hall–Kier alpha value is -2.34. The summed E-state index contributed by atoms with van der Waals surface area (Å²) >= 11 is 0. The molecule has 1 heterocycles. The molecule has 0 atom stereocenters. The van der Waals surface area contributed by atoms with Crippen molar-refractivity contribution >= 4 is 5.91 Å². The average Bonchev–Trinajstić information content (AvgIpc) is 3.01. The van der Waals surface area contributed by atoms with E-state index in [1.807, 2.05) is 38.1 Å².